The van der Waals surface area contributed by atoms with Crippen LogP contribution in [0.2, 0.25) is 0 Å². The van der Waals surface area contributed by atoms with Gasteiger partial charge in [0, 0.05) is 12.0 Å². The molecule has 0 aliphatic carbocycles. The molecule has 0 unspecified atom stereocenters. The number of hydrogen-bond donors (Lipinski definition) is 1. The second kappa shape index (κ2) is 7.07. The van der Waals surface area contributed by atoms with E-state index in [9.17, 15) is 4.79 Å². The van der Waals surface area contributed by atoms with Crippen LogP contribution in [0.4, 0.5) is 0 Å². The number of carbonyl (C=O) groups excluding carboxylic acids is 1. The molecule has 0 rings (SSSR count). The molecule has 0 aromatic carbocycles. The Morgan fingerprint density at radius 3 is 2.08 bits per heavy atom. The molecule has 2 atom stereocenters. The second-order valence-electron chi connectivity index (χ2n) is 3.69. The Kier molecular flexibility index (Phi) is 6.87. The molecule has 0 saturated carbocycles. The van der Waals surface area contributed by atoms with Crippen molar-refractivity contribution in [2.45, 2.75) is 52.5 Å². The third-order valence-electron chi connectivity index (χ3n) is 2.58. The van der Waals surface area contributed by atoms with Gasteiger partial charge in [-0.15, -0.1) is 0 Å². The highest BCUT2D eigenvalue weighted by atomic mass is 16.1. The maximum absolute atomic E-state index is 11.4. The average Bonchev–Trinajstić information content (AvgIpc) is 2.10. The van der Waals surface area contributed by atoms with E-state index in [1.807, 2.05) is 7.05 Å². The van der Waals surface area contributed by atoms with Crippen LogP contribution in [0.5, 0.6) is 0 Å². The Hall–Kier alpha value is -0.370. The fourth-order valence-corrected chi connectivity index (χ4v) is 1.86. The molecular formula is C11H23NO. The molecule has 0 spiro atoms. The predicted molar refractivity (Wildman–Crippen MR) is 56.8 cm³/mol. The van der Waals surface area contributed by atoms with Gasteiger partial charge in [-0.25, -0.2) is 0 Å². The molecule has 0 saturated heterocycles. The van der Waals surface area contributed by atoms with Crippen molar-refractivity contribution >= 4 is 5.78 Å². The Morgan fingerprint density at radius 2 is 1.77 bits per heavy atom. The lowest BCUT2D eigenvalue weighted by molar-refractivity contribution is -0.121. The van der Waals surface area contributed by atoms with Crippen molar-refractivity contribution < 1.29 is 4.79 Å². The van der Waals surface area contributed by atoms with E-state index in [4.69, 9.17) is 0 Å². The topological polar surface area (TPSA) is 29.1 Å². The molecule has 0 amide bonds. The molecule has 0 aromatic rings. The third-order valence-corrected chi connectivity index (χ3v) is 2.58. The minimum Gasteiger partial charge on any atom is -0.316 e. The van der Waals surface area contributed by atoms with Crippen LogP contribution in [-0.4, -0.2) is 18.9 Å². The number of carbonyl (C=O) groups is 1. The van der Waals surface area contributed by atoms with E-state index < -0.39 is 0 Å². The van der Waals surface area contributed by atoms with Crippen LogP contribution >= 0.6 is 0 Å². The van der Waals surface area contributed by atoms with Gasteiger partial charge in [0.25, 0.3) is 0 Å². The predicted octanol–water partition coefficient (Wildman–Crippen LogP) is 2.38. The van der Waals surface area contributed by atoms with Crippen LogP contribution in [-0.2, 0) is 4.79 Å². The summed E-state index contributed by atoms with van der Waals surface area (Å²) in [6, 6.07) is 0.377. The van der Waals surface area contributed by atoms with Crippen LogP contribution < -0.4 is 5.32 Å². The third kappa shape index (κ3) is 4.41. The van der Waals surface area contributed by atoms with E-state index >= 15 is 0 Å². The fraction of sp³-hybridized carbons (Fsp3) is 0.909. The van der Waals surface area contributed by atoms with Crippen LogP contribution in [0, 0.1) is 5.92 Å². The summed E-state index contributed by atoms with van der Waals surface area (Å²) in [6.07, 6.45) is 4.34. The van der Waals surface area contributed by atoms with E-state index in [-0.39, 0.29) is 5.92 Å². The van der Waals surface area contributed by atoms with Gasteiger partial charge in [-0.05, 0) is 26.8 Å². The second-order valence-corrected chi connectivity index (χ2v) is 3.69. The smallest absolute Gasteiger partial charge is 0.134 e. The zero-order valence-corrected chi connectivity index (χ0v) is 9.39. The van der Waals surface area contributed by atoms with Gasteiger partial charge >= 0.3 is 0 Å². The van der Waals surface area contributed by atoms with Crippen LogP contribution in [0.15, 0.2) is 0 Å². The number of hydrogen-bond acceptors (Lipinski definition) is 2. The average molecular weight is 185 g/mol. The lowest BCUT2D eigenvalue weighted by Crippen LogP contribution is -2.37. The summed E-state index contributed by atoms with van der Waals surface area (Å²) < 4.78 is 0. The first kappa shape index (κ1) is 12.6. The SMILES string of the molecule is CCC[C@H](NC)[C@H](CCC)C(C)=O. The van der Waals surface area contributed by atoms with Crippen molar-refractivity contribution in [1.29, 1.82) is 0 Å². The first-order valence-electron chi connectivity index (χ1n) is 5.35. The van der Waals surface area contributed by atoms with E-state index in [1.54, 1.807) is 6.92 Å². The van der Waals surface area contributed by atoms with E-state index in [0.29, 0.717) is 11.8 Å². The summed E-state index contributed by atoms with van der Waals surface area (Å²) >= 11 is 0. The zero-order chi connectivity index (χ0) is 10.3. The molecule has 13 heavy (non-hydrogen) atoms. The van der Waals surface area contributed by atoms with Crippen molar-refractivity contribution in [3.05, 3.63) is 0 Å². The van der Waals surface area contributed by atoms with Crippen LogP contribution in [0.1, 0.15) is 46.5 Å². The van der Waals surface area contributed by atoms with Gasteiger partial charge in [-0.3, -0.25) is 4.79 Å². The Morgan fingerprint density at radius 1 is 1.23 bits per heavy atom. The van der Waals surface area contributed by atoms with Gasteiger partial charge in [0.1, 0.15) is 5.78 Å². The van der Waals surface area contributed by atoms with Gasteiger partial charge in [-0.2, -0.15) is 0 Å². The summed E-state index contributed by atoms with van der Waals surface area (Å²) in [5.74, 6) is 0.546. The highest BCUT2D eigenvalue weighted by Crippen LogP contribution is 2.16. The lowest BCUT2D eigenvalue weighted by Gasteiger charge is -2.24. The zero-order valence-electron chi connectivity index (χ0n) is 9.39. The molecule has 2 nitrogen and oxygen atoms in total. The number of rotatable bonds is 7. The Bertz CT molecular complexity index is 145. The molecule has 78 valence electrons. The Labute approximate surface area is 82.1 Å². The van der Waals surface area contributed by atoms with Crippen molar-refractivity contribution in [2.24, 2.45) is 5.92 Å². The molecule has 0 bridgehead atoms. The first-order valence-corrected chi connectivity index (χ1v) is 5.35. The number of ketones is 1. The highest BCUT2D eigenvalue weighted by Gasteiger charge is 2.22. The summed E-state index contributed by atoms with van der Waals surface area (Å²) in [5.41, 5.74) is 0. The van der Waals surface area contributed by atoms with E-state index in [2.05, 4.69) is 19.2 Å². The molecule has 0 aromatic heterocycles. The van der Waals surface area contributed by atoms with Crippen LogP contribution in [0.3, 0.4) is 0 Å². The number of Topliss-reactive ketones (excluding diaryl/α,β-unsaturated/α-hetero) is 1. The van der Waals surface area contributed by atoms with Crippen LogP contribution in [0.25, 0.3) is 0 Å². The van der Waals surface area contributed by atoms with Crippen molar-refractivity contribution in [2.75, 3.05) is 7.05 Å². The van der Waals surface area contributed by atoms with Crippen molar-refractivity contribution in [3.8, 4) is 0 Å². The lowest BCUT2D eigenvalue weighted by atomic mass is 9.89. The number of nitrogens with one attached hydrogen (secondary N) is 1. The summed E-state index contributed by atoms with van der Waals surface area (Å²) in [6.45, 7) is 6.00. The first-order chi connectivity index (χ1) is 6.17. The quantitative estimate of drug-likeness (QED) is 0.660. The molecular weight excluding hydrogens is 162 g/mol. The fourth-order valence-electron chi connectivity index (χ4n) is 1.86. The van der Waals surface area contributed by atoms with Gasteiger partial charge in [-0.1, -0.05) is 26.7 Å². The standard InChI is InChI=1S/C11H23NO/c1-5-7-10(9(3)13)11(12-4)8-6-2/h10-12H,5-8H2,1-4H3/t10-,11+/m1/s1. The monoisotopic (exact) mass is 185 g/mol. The molecule has 1 N–H and O–H groups in total. The molecule has 2 heteroatoms. The van der Waals surface area contributed by atoms with Gasteiger partial charge in [0.05, 0.1) is 0 Å². The van der Waals surface area contributed by atoms with E-state index in [1.165, 1.54) is 0 Å². The highest BCUT2D eigenvalue weighted by molar-refractivity contribution is 5.79. The molecule has 0 heterocycles. The molecule has 0 aliphatic heterocycles. The molecule has 0 aliphatic rings. The van der Waals surface area contributed by atoms with Crippen molar-refractivity contribution in [1.82, 2.24) is 5.32 Å². The normalized spacial score (nSPS) is 15.4. The molecule has 0 fully saturated rings. The van der Waals surface area contributed by atoms with Gasteiger partial charge < -0.3 is 5.32 Å². The van der Waals surface area contributed by atoms with E-state index in [0.717, 1.165) is 25.7 Å². The minimum absolute atomic E-state index is 0.218. The maximum atomic E-state index is 11.4. The summed E-state index contributed by atoms with van der Waals surface area (Å²) in [7, 11) is 1.95. The minimum atomic E-state index is 0.218. The Balaban J connectivity index is 4.20. The van der Waals surface area contributed by atoms with Gasteiger partial charge in [0.2, 0.25) is 0 Å². The van der Waals surface area contributed by atoms with Crippen molar-refractivity contribution in [3.63, 3.8) is 0 Å². The van der Waals surface area contributed by atoms with Gasteiger partial charge in [0.15, 0.2) is 0 Å². The molecule has 0 radical (unpaired) electrons. The summed E-state index contributed by atoms with van der Waals surface area (Å²) in [5, 5.41) is 3.25. The largest absolute Gasteiger partial charge is 0.316 e. The maximum Gasteiger partial charge on any atom is 0.134 e. The summed E-state index contributed by atoms with van der Waals surface area (Å²) in [4.78, 5) is 11.4.